The van der Waals surface area contributed by atoms with Gasteiger partial charge in [-0.05, 0) is 17.2 Å². The number of hydrogen-bond donors (Lipinski definition) is 3. The number of fused-ring (bicyclic) bond motifs is 1. The molecule has 1 fully saturated rings. The van der Waals surface area contributed by atoms with Crippen molar-refractivity contribution >= 4 is 22.9 Å². The minimum absolute atomic E-state index is 0.176. The highest BCUT2D eigenvalue weighted by Crippen LogP contribution is 2.27. The van der Waals surface area contributed by atoms with Crippen LogP contribution in [0.5, 0.6) is 0 Å². The normalized spacial score (nSPS) is 19.6. The van der Waals surface area contributed by atoms with Gasteiger partial charge in [0.1, 0.15) is 6.61 Å². The molecule has 4 N–H and O–H groups in total. The summed E-state index contributed by atoms with van der Waals surface area (Å²) >= 11 is 0. The number of carbonyl (C=O) groups is 2. The molecule has 0 saturated carbocycles. The number of amides is 2. The summed E-state index contributed by atoms with van der Waals surface area (Å²) in [5, 5.41) is 3.80. The van der Waals surface area contributed by atoms with E-state index in [0.29, 0.717) is 0 Å². The predicted molar refractivity (Wildman–Crippen MR) is 132 cm³/mol. The number of likely N-dealkylation sites (N-methyl/N-ethyl adjacent to an activating group) is 1. The quantitative estimate of drug-likeness (QED) is 0.456. The molecule has 35 heavy (non-hydrogen) atoms. The number of hydrogen-bond acceptors (Lipinski definition) is 6. The highest BCUT2D eigenvalue weighted by molar-refractivity contribution is 5.87. The van der Waals surface area contributed by atoms with Gasteiger partial charge in [0.15, 0.2) is 6.29 Å². The van der Waals surface area contributed by atoms with Crippen LogP contribution >= 0.6 is 0 Å². The van der Waals surface area contributed by atoms with Gasteiger partial charge in [0.05, 0.1) is 31.8 Å². The van der Waals surface area contributed by atoms with Crippen LogP contribution < -0.4 is 11.1 Å². The highest BCUT2D eigenvalue weighted by Gasteiger charge is 2.30. The number of rotatable bonds is 8. The lowest BCUT2D eigenvalue weighted by molar-refractivity contribution is -0.196. The first-order valence-electron chi connectivity index (χ1n) is 11.7. The Morgan fingerprint density at radius 2 is 1.83 bits per heavy atom. The van der Waals surface area contributed by atoms with Crippen molar-refractivity contribution in [1.82, 2.24) is 15.2 Å². The second-order valence-electron chi connectivity index (χ2n) is 8.82. The van der Waals surface area contributed by atoms with Crippen molar-refractivity contribution in [3.05, 3.63) is 71.9 Å². The van der Waals surface area contributed by atoms with E-state index in [9.17, 15) is 9.59 Å². The van der Waals surface area contributed by atoms with Gasteiger partial charge in [-0.2, -0.15) is 0 Å². The maximum atomic E-state index is 13.0. The third kappa shape index (κ3) is 6.19. The zero-order chi connectivity index (χ0) is 24.8. The molecule has 0 spiro atoms. The fraction of sp³-hybridized carbons (Fsp3) is 0.385. The molecule has 2 aromatic carbocycles. The molecule has 2 amide bonds. The van der Waals surface area contributed by atoms with Crippen molar-refractivity contribution in [2.75, 3.05) is 26.8 Å². The van der Waals surface area contributed by atoms with E-state index in [2.05, 4.69) is 10.3 Å². The number of alkyl carbamates (subject to hydrolysis) is 1. The van der Waals surface area contributed by atoms with Gasteiger partial charge < -0.3 is 35.1 Å². The summed E-state index contributed by atoms with van der Waals surface area (Å²) in [5.41, 5.74) is 9.27. The first-order chi connectivity index (χ1) is 16.9. The summed E-state index contributed by atoms with van der Waals surface area (Å²) in [4.78, 5) is 29.8. The smallest absolute Gasteiger partial charge is 0.407 e. The van der Waals surface area contributed by atoms with Crippen LogP contribution in [0.15, 0.2) is 60.8 Å². The van der Waals surface area contributed by atoms with Crippen LogP contribution in [0, 0.1) is 0 Å². The number of nitrogens with zero attached hydrogens (tertiary/aromatic N) is 1. The van der Waals surface area contributed by atoms with E-state index in [4.69, 9.17) is 19.9 Å². The predicted octanol–water partition coefficient (Wildman–Crippen LogP) is 2.73. The summed E-state index contributed by atoms with van der Waals surface area (Å²) < 4.78 is 16.7. The van der Waals surface area contributed by atoms with Crippen LogP contribution in [0.3, 0.4) is 0 Å². The first-order valence-corrected chi connectivity index (χ1v) is 11.7. The summed E-state index contributed by atoms with van der Waals surface area (Å²) in [6, 6.07) is 16.3. The number of ether oxygens (including phenoxy) is 3. The van der Waals surface area contributed by atoms with Gasteiger partial charge in [-0.15, -0.1) is 0 Å². The molecule has 0 bridgehead atoms. The molecule has 1 aromatic heterocycles. The Hall–Kier alpha value is -3.40. The third-order valence-electron chi connectivity index (χ3n) is 6.24. The van der Waals surface area contributed by atoms with Crippen LogP contribution in [0.2, 0.25) is 0 Å². The SMILES string of the molecule is C[C@@H](c1c[nH]c2ccccc12)[C@@H](N)C(=O)N(C)CC1OCC(NC(=O)OCc2ccccc2)CO1. The number of aromatic nitrogens is 1. The topological polar surface area (TPSA) is 119 Å². The van der Waals surface area contributed by atoms with Gasteiger partial charge in [0, 0.05) is 30.1 Å². The van der Waals surface area contributed by atoms with Crippen molar-refractivity contribution in [1.29, 1.82) is 0 Å². The molecule has 1 aliphatic heterocycles. The van der Waals surface area contributed by atoms with Crippen molar-refractivity contribution < 1.29 is 23.8 Å². The van der Waals surface area contributed by atoms with E-state index in [1.807, 2.05) is 67.7 Å². The van der Waals surface area contributed by atoms with E-state index < -0.39 is 18.4 Å². The minimum atomic E-state index is -0.711. The van der Waals surface area contributed by atoms with Crippen molar-refractivity contribution in [3.8, 4) is 0 Å². The number of H-pyrrole nitrogens is 1. The fourth-order valence-corrected chi connectivity index (χ4v) is 4.11. The summed E-state index contributed by atoms with van der Waals surface area (Å²) in [6.45, 7) is 2.88. The fourth-order valence-electron chi connectivity index (χ4n) is 4.11. The van der Waals surface area contributed by atoms with Crippen molar-refractivity contribution in [3.63, 3.8) is 0 Å². The Labute approximate surface area is 204 Å². The van der Waals surface area contributed by atoms with E-state index in [0.717, 1.165) is 22.0 Å². The molecule has 2 heterocycles. The monoisotopic (exact) mass is 480 g/mol. The number of aromatic amines is 1. The molecule has 186 valence electrons. The van der Waals surface area contributed by atoms with Crippen molar-refractivity contribution in [2.45, 2.75) is 37.8 Å². The van der Waals surface area contributed by atoms with E-state index >= 15 is 0 Å². The maximum Gasteiger partial charge on any atom is 0.407 e. The summed E-state index contributed by atoms with van der Waals surface area (Å²) in [6.07, 6.45) is 0.778. The molecule has 0 aliphatic carbocycles. The van der Waals surface area contributed by atoms with Gasteiger partial charge >= 0.3 is 6.09 Å². The van der Waals surface area contributed by atoms with Crippen LogP contribution in [0.25, 0.3) is 10.9 Å². The second-order valence-corrected chi connectivity index (χ2v) is 8.82. The standard InChI is InChI=1S/C26H32N4O5/c1-17(21-12-28-22-11-7-6-10-20(21)22)24(27)25(31)30(2)13-23-33-15-19(16-34-23)29-26(32)35-14-18-8-4-3-5-9-18/h3-12,17,19,23-24,28H,13-16,27H2,1-2H3,(H,29,32)/t17-,19?,23?,24+/m0/s1. The Bertz CT molecular complexity index is 1130. The number of benzene rings is 2. The summed E-state index contributed by atoms with van der Waals surface area (Å²) in [5.74, 6) is -0.371. The molecule has 3 aromatic rings. The first kappa shape index (κ1) is 24.7. The maximum absolute atomic E-state index is 13.0. The molecule has 1 aliphatic rings. The lowest BCUT2D eigenvalue weighted by Gasteiger charge is -2.33. The lowest BCUT2D eigenvalue weighted by Crippen LogP contribution is -2.52. The molecule has 1 saturated heterocycles. The van der Waals surface area contributed by atoms with Crippen LogP contribution in [-0.2, 0) is 25.6 Å². The Morgan fingerprint density at radius 1 is 1.14 bits per heavy atom. The summed E-state index contributed by atoms with van der Waals surface area (Å²) in [7, 11) is 1.68. The van der Waals surface area contributed by atoms with E-state index in [1.54, 1.807) is 7.05 Å². The molecule has 0 unspecified atom stereocenters. The zero-order valence-corrected chi connectivity index (χ0v) is 20.0. The Morgan fingerprint density at radius 3 is 2.57 bits per heavy atom. The zero-order valence-electron chi connectivity index (χ0n) is 20.0. The average molecular weight is 481 g/mol. The number of carbonyl (C=O) groups excluding carboxylic acids is 2. The number of para-hydroxylation sites is 1. The Balaban J connectivity index is 1.21. The highest BCUT2D eigenvalue weighted by atomic mass is 16.7. The van der Waals surface area contributed by atoms with E-state index in [1.165, 1.54) is 4.90 Å². The minimum Gasteiger partial charge on any atom is -0.445 e. The van der Waals surface area contributed by atoms with Gasteiger partial charge in [-0.1, -0.05) is 55.5 Å². The second kappa shape index (κ2) is 11.4. The average Bonchev–Trinajstić information content (AvgIpc) is 3.32. The van der Waals surface area contributed by atoms with Gasteiger partial charge in [-0.25, -0.2) is 4.79 Å². The molecule has 2 atom stereocenters. The number of nitrogens with two attached hydrogens (primary N) is 1. The lowest BCUT2D eigenvalue weighted by atomic mass is 9.92. The van der Waals surface area contributed by atoms with Gasteiger partial charge in [0.2, 0.25) is 5.91 Å². The molecular weight excluding hydrogens is 448 g/mol. The molecule has 4 rings (SSSR count). The third-order valence-corrected chi connectivity index (χ3v) is 6.24. The molecule has 9 nitrogen and oxygen atoms in total. The van der Waals surface area contributed by atoms with Gasteiger partial charge in [-0.3, -0.25) is 4.79 Å². The van der Waals surface area contributed by atoms with Crippen LogP contribution in [0.4, 0.5) is 4.79 Å². The molecule has 0 radical (unpaired) electrons. The molecular formula is C26H32N4O5. The Kier molecular flexibility index (Phi) is 8.02. The molecule has 9 heteroatoms. The number of nitrogens with one attached hydrogen (secondary N) is 2. The largest absolute Gasteiger partial charge is 0.445 e. The van der Waals surface area contributed by atoms with Crippen LogP contribution in [-0.4, -0.2) is 67.1 Å². The van der Waals surface area contributed by atoms with Gasteiger partial charge in [0.25, 0.3) is 0 Å². The van der Waals surface area contributed by atoms with Crippen molar-refractivity contribution in [2.24, 2.45) is 5.73 Å². The van der Waals surface area contributed by atoms with E-state index in [-0.39, 0.29) is 44.2 Å². The van der Waals surface area contributed by atoms with Crippen LogP contribution in [0.1, 0.15) is 24.0 Å².